The maximum Gasteiger partial charge on any atom is 0.275 e. The van der Waals surface area contributed by atoms with E-state index in [9.17, 15) is 4.79 Å². The molecule has 1 aromatic heterocycles. The van der Waals surface area contributed by atoms with Crippen LogP contribution in [-0.2, 0) is 6.61 Å². The zero-order chi connectivity index (χ0) is 13.8. The Labute approximate surface area is 116 Å². The number of carbonyl (C=O) groups is 1. The van der Waals surface area contributed by atoms with Gasteiger partial charge in [-0.3, -0.25) is 10.2 Å². The van der Waals surface area contributed by atoms with Crippen LogP contribution < -0.4 is 16.0 Å². The van der Waals surface area contributed by atoms with Gasteiger partial charge in [-0.15, -0.1) is 11.3 Å². The highest BCUT2D eigenvalue weighted by atomic mass is 32.1. The average molecular weight is 276 g/mol. The number of hydrogen-bond donors (Lipinski definition) is 2. The van der Waals surface area contributed by atoms with Crippen molar-refractivity contribution >= 4 is 17.2 Å². The highest BCUT2D eigenvalue weighted by Crippen LogP contribution is 2.24. The lowest BCUT2D eigenvalue weighted by Crippen LogP contribution is -2.29. The van der Waals surface area contributed by atoms with Crippen LogP contribution in [0.25, 0.3) is 0 Å². The zero-order valence-electron chi connectivity index (χ0n) is 10.9. The molecule has 0 unspecified atom stereocenters. The third-order valence-corrected chi connectivity index (χ3v) is 3.94. The SMILES string of the molecule is Cc1ccccc1OCc1cc(C(=O)NN)sc1C. The van der Waals surface area contributed by atoms with Crippen LogP contribution >= 0.6 is 11.3 Å². The first kappa shape index (κ1) is 13.6. The van der Waals surface area contributed by atoms with E-state index in [1.165, 1.54) is 11.3 Å². The summed E-state index contributed by atoms with van der Waals surface area (Å²) in [5, 5.41) is 0. The second kappa shape index (κ2) is 5.86. The maximum atomic E-state index is 11.4. The van der Waals surface area contributed by atoms with Gasteiger partial charge in [0.05, 0.1) is 4.88 Å². The number of thiophene rings is 1. The number of aryl methyl sites for hydroxylation is 2. The summed E-state index contributed by atoms with van der Waals surface area (Å²) >= 11 is 1.41. The van der Waals surface area contributed by atoms with Gasteiger partial charge in [0, 0.05) is 10.4 Å². The molecule has 0 fully saturated rings. The molecule has 1 heterocycles. The van der Waals surface area contributed by atoms with Gasteiger partial charge in [0.2, 0.25) is 0 Å². The number of nitrogens with two attached hydrogens (primary N) is 1. The third kappa shape index (κ3) is 3.13. The summed E-state index contributed by atoms with van der Waals surface area (Å²) in [6.45, 7) is 4.42. The normalized spacial score (nSPS) is 10.3. The highest BCUT2D eigenvalue weighted by Gasteiger charge is 2.12. The van der Waals surface area contributed by atoms with Gasteiger partial charge in [-0.2, -0.15) is 0 Å². The number of carbonyl (C=O) groups excluding carboxylic acids is 1. The fraction of sp³-hybridized carbons (Fsp3) is 0.214. The zero-order valence-corrected chi connectivity index (χ0v) is 11.7. The van der Waals surface area contributed by atoms with Gasteiger partial charge in [0.15, 0.2) is 0 Å². The van der Waals surface area contributed by atoms with Gasteiger partial charge in [-0.1, -0.05) is 18.2 Å². The Morgan fingerprint density at radius 2 is 2.11 bits per heavy atom. The van der Waals surface area contributed by atoms with Crippen LogP contribution in [0.15, 0.2) is 30.3 Å². The van der Waals surface area contributed by atoms with Crippen molar-refractivity contribution < 1.29 is 9.53 Å². The summed E-state index contributed by atoms with van der Waals surface area (Å²) in [5.41, 5.74) is 4.23. The fourth-order valence-electron chi connectivity index (χ4n) is 1.72. The van der Waals surface area contributed by atoms with E-state index in [0.717, 1.165) is 21.8 Å². The van der Waals surface area contributed by atoms with Crippen molar-refractivity contribution in [3.05, 3.63) is 51.2 Å². The Morgan fingerprint density at radius 1 is 1.37 bits per heavy atom. The van der Waals surface area contributed by atoms with Crippen LogP contribution in [0.2, 0.25) is 0 Å². The molecule has 1 aromatic carbocycles. The monoisotopic (exact) mass is 276 g/mol. The molecule has 5 heteroatoms. The molecule has 100 valence electrons. The molecule has 0 aliphatic heterocycles. The van der Waals surface area contributed by atoms with Crippen molar-refractivity contribution in [2.24, 2.45) is 5.84 Å². The summed E-state index contributed by atoms with van der Waals surface area (Å²) in [6.07, 6.45) is 0. The molecule has 0 atom stereocenters. The summed E-state index contributed by atoms with van der Waals surface area (Å²) < 4.78 is 5.77. The standard InChI is InChI=1S/C14H16N2O2S/c1-9-5-3-4-6-12(9)18-8-11-7-13(14(17)16-15)19-10(11)2/h3-7H,8,15H2,1-2H3,(H,16,17). The van der Waals surface area contributed by atoms with E-state index in [-0.39, 0.29) is 5.91 Å². The van der Waals surface area contributed by atoms with E-state index in [2.05, 4.69) is 5.43 Å². The molecule has 2 rings (SSSR count). The molecule has 0 spiro atoms. The lowest BCUT2D eigenvalue weighted by molar-refractivity contribution is 0.0957. The van der Waals surface area contributed by atoms with Gasteiger partial charge >= 0.3 is 0 Å². The molecule has 0 saturated carbocycles. The predicted octanol–water partition coefficient (Wildman–Crippen LogP) is 2.55. The Bertz CT molecular complexity index is 593. The minimum atomic E-state index is -0.268. The third-order valence-electron chi connectivity index (χ3n) is 2.85. The van der Waals surface area contributed by atoms with E-state index >= 15 is 0 Å². The van der Waals surface area contributed by atoms with Crippen molar-refractivity contribution in [1.82, 2.24) is 5.43 Å². The van der Waals surface area contributed by atoms with E-state index in [0.29, 0.717) is 11.5 Å². The number of rotatable bonds is 4. The van der Waals surface area contributed by atoms with Crippen LogP contribution in [0.3, 0.4) is 0 Å². The Morgan fingerprint density at radius 3 is 2.79 bits per heavy atom. The summed E-state index contributed by atoms with van der Waals surface area (Å²) in [7, 11) is 0. The molecule has 4 nitrogen and oxygen atoms in total. The lowest BCUT2D eigenvalue weighted by Gasteiger charge is -2.08. The molecule has 0 aliphatic carbocycles. The second-order valence-electron chi connectivity index (χ2n) is 4.22. The molecule has 2 aromatic rings. The van der Waals surface area contributed by atoms with Gasteiger partial charge in [0.1, 0.15) is 12.4 Å². The van der Waals surface area contributed by atoms with Crippen molar-refractivity contribution in [3.8, 4) is 5.75 Å². The molecule has 0 saturated heterocycles. The Balaban J connectivity index is 2.10. The molecule has 19 heavy (non-hydrogen) atoms. The quantitative estimate of drug-likeness (QED) is 0.512. The van der Waals surface area contributed by atoms with Crippen LogP contribution in [0.4, 0.5) is 0 Å². The first-order valence-corrected chi connectivity index (χ1v) is 6.72. The summed E-state index contributed by atoms with van der Waals surface area (Å²) in [4.78, 5) is 13.1. The predicted molar refractivity (Wildman–Crippen MR) is 76.2 cm³/mol. The molecular formula is C14H16N2O2S. The van der Waals surface area contributed by atoms with E-state index < -0.39 is 0 Å². The van der Waals surface area contributed by atoms with Gasteiger partial charge < -0.3 is 4.74 Å². The van der Waals surface area contributed by atoms with Crippen molar-refractivity contribution in [3.63, 3.8) is 0 Å². The van der Waals surface area contributed by atoms with Crippen LogP contribution in [0, 0.1) is 13.8 Å². The largest absolute Gasteiger partial charge is 0.489 e. The molecule has 1 amide bonds. The summed E-state index contributed by atoms with van der Waals surface area (Å²) in [5.74, 6) is 5.72. The minimum absolute atomic E-state index is 0.268. The maximum absolute atomic E-state index is 11.4. The van der Waals surface area contributed by atoms with E-state index in [1.54, 1.807) is 0 Å². The van der Waals surface area contributed by atoms with Gasteiger partial charge in [-0.25, -0.2) is 5.84 Å². The molecule has 0 aliphatic rings. The Kier molecular flexibility index (Phi) is 4.19. The number of benzene rings is 1. The smallest absolute Gasteiger partial charge is 0.275 e. The van der Waals surface area contributed by atoms with E-state index in [1.807, 2.05) is 44.2 Å². The molecular weight excluding hydrogens is 260 g/mol. The Hall–Kier alpha value is -1.85. The minimum Gasteiger partial charge on any atom is -0.489 e. The van der Waals surface area contributed by atoms with E-state index in [4.69, 9.17) is 10.6 Å². The van der Waals surface area contributed by atoms with Gasteiger partial charge in [0.25, 0.3) is 5.91 Å². The number of ether oxygens (including phenoxy) is 1. The van der Waals surface area contributed by atoms with Crippen LogP contribution in [-0.4, -0.2) is 5.91 Å². The number of hydrogen-bond acceptors (Lipinski definition) is 4. The first-order chi connectivity index (χ1) is 9.11. The van der Waals surface area contributed by atoms with Crippen molar-refractivity contribution in [1.29, 1.82) is 0 Å². The molecule has 0 bridgehead atoms. The highest BCUT2D eigenvalue weighted by molar-refractivity contribution is 7.14. The number of hydrazine groups is 1. The average Bonchev–Trinajstić information content (AvgIpc) is 2.78. The number of amides is 1. The van der Waals surface area contributed by atoms with Crippen LogP contribution in [0.1, 0.15) is 25.7 Å². The molecule has 3 N–H and O–H groups in total. The van der Waals surface area contributed by atoms with Crippen LogP contribution in [0.5, 0.6) is 5.75 Å². The topological polar surface area (TPSA) is 64.3 Å². The molecule has 0 radical (unpaired) electrons. The lowest BCUT2D eigenvalue weighted by atomic mass is 10.2. The number of nitrogens with one attached hydrogen (secondary N) is 1. The number of nitrogen functional groups attached to an aromatic ring is 1. The van der Waals surface area contributed by atoms with Gasteiger partial charge in [-0.05, 0) is 31.5 Å². The van der Waals surface area contributed by atoms with Crippen molar-refractivity contribution in [2.75, 3.05) is 0 Å². The number of para-hydroxylation sites is 1. The van der Waals surface area contributed by atoms with Crippen molar-refractivity contribution in [2.45, 2.75) is 20.5 Å². The first-order valence-electron chi connectivity index (χ1n) is 5.90. The summed E-state index contributed by atoms with van der Waals surface area (Å²) in [6, 6.07) is 9.67. The fourth-order valence-corrected chi connectivity index (χ4v) is 2.65. The second-order valence-corrected chi connectivity index (χ2v) is 5.48.